The number of fused-ring (bicyclic) bond motifs is 4. The van der Waals surface area contributed by atoms with Crippen molar-refractivity contribution in [1.29, 1.82) is 0 Å². The second kappa shape index (κ2) is 6.18. The number of ether oxygens (including phenoxy) is 2. The van der Waals surface area contributed by atoms with E-state index in [-0.39, 0.29) is 11.9 Å². The second-order valence-corrected chi connectivity index (χ2v) is 8.85. The fraction of sp³-hybridized carbons (Fsp3) is 0.375. The zero-order valence-electron chi connectivity index (χ0n) is 17.2. The first-order valence-corrected chi connectivity index (χ1v) is 10.0. The maximum Gasteiger partial charge on any atom is 0.197 e. The van der Waals surface area contributed by atoms with Crippen molar-refractivity contribution in [2.75, 3.05) is 18.5 Å². The third-order valence-electron chi connectivity index (χ3n) is 5.93. The first-order valence-electron chi connectivity index (χ1n) is 10.0. The van der Waals surface area contributed by atoms with Crippen LogP contribution in [0, 0.1) is 0 Å². The van der Waals surface area contributed by atoms with Crippen LogP contribution in [-0.4, -0.2) is 30.8 Å². The van der Waals surface area contributed by atoms with Gasteiger partial charge in [-0.25, -0.2) is 0 Å². The largest absolute Gasteiger partial charge is 0.459 e. The summed E-state index contributed by atoms with van der Waals surface area (Å²) in [5.74, 6) is 0.233. The molecule has 2 heterocycles. The van der Waals surface area contributed by atoms with E-state index in [9.17, 15) is 4.79 Å². The SMILES string of the molecule is CC1(C)OCC(CNc2ccc3c(c2)C(C)(C)c2oc4ccccc4c2C3=O)O1. The van der Waals surface area contributed by atoms with Crippen molar-refractivity contribution in [1.82, 2.24) is 0 Å². The summed E-state index contributed by atoms with van der Waals surface area (Å²) in [7, 11) is 0. The topological polar surface area (TPSA) is 60.7 Å². The fourth-order valence-electron chi connectivity index (χ4n) is 4.43. The highest BCUT2D eigenvalue weighted by atomic mass is 16.7. The van der Waals surface area contributed by atoms with Crippen molar-refractivity contribution in [2.45, 2.75) is 45.0 Å². The molecule has 1 unspecified atom stereocenters. The van der Waals surface area contributed by atoms with Crippen LogP contribution in [0.3, 0.4) is 0 Å². The summed E-state index contributed by atoms with van der Waals surface area (Å²) in [6.07, 6.45) is -0.00218. The van der Waals surface area contributed by atoms with Crippen LogP contribution in [-0.2, 0) is 14.9 Å². The summed E-state index contributed by atoms with van der Waals surface area (Å²) >= 11 is 0. The number of carbonyl (C=O) groups excluding carboxylic acids is 1. The zero-order valence-corrected chi connectivity index (χ0v) is 17.2. The molecule has 5 rings (SSSR count). The Morgan fingerprint density at radius 3 is 2.66 bits per heavy atom. The van der Waals surface area contributed by atoms with Crippen molar-refractivity contribution in [2.24, 2.45) is 0 Å². The minimum atomic E-state index is -0.533. The Balaban J connectivity index is 1.49. The Morgan fingerprint density at radius 1 is 1.10 bits per heavy atom. The van der Waals surface area contributed by atoms with E-state index in [4.69, 9.17) is 13.9 Å². The summed E-state index contributed by atoms with van der Waals surface area (Å²) in [5, 5.41) is 4.31. The number of benzene rings is 2. The molecule has 0 bridgehead atoms. The molecular weight excluding hydrogens is 366 g/mol. The molecule has 1 aromatic heterocycles. The Hall–Kier alpha value is -2.63. The molecule has 5 nitrogen and oxygen atoms in total. The molecule has 5 heteroatoms. The average Bonchev–Trinajstić information content (AvgIpc) is 3.25. The molecule has 1 N–H and O–H groups in total. The van der Waals surface area contributed by atoms with Gasteiger partial charge >= 0.3 is 0 Å². The number of nitrogens with one attached hydrogen (secondary N) is 1. The van der Waals surface area contributed by atoms with Gasteiger partial charge in [0.1, 0.15) is 17.4 Å². The van der Waals surface area contributed by atoms with Crippen LogP contribution >= 0.6 is 0 Å². The molecule has 0 saturated carbocycles. The third kappa shape index (κ3) is 2.88. The van der Waals surface area contributed by atoms with E-state index >= 15 is 0 Å². The van der Waals surface area contributed by atoms with Gasteiger partial charge < -0.3 is 19.2 Å². The fourth-order valence-corrected chi connectivity index (χ4v) is 4.43. The highest BCUT2D eigenvalue weighted by molar-refractivity contribution is 6.19. The first kappa shape index (κ1) is 18.4. The minimum absolute atomic E-state index is 0.00218. The summed E-state index contributed by atoms with van der Waals surface area (Å²) in [6.45, 7) is 9.28. The van der Waals surface area contributed by atoms with Gasteiger partial charge in [-0.05, 0) is 57.5 Å². The van der Waals surface area contributed by atoms with Gasteiger partial charge in [-0.3, -0.25) is 4.79 Å². The van der Waals surface area contributed by atoms with Gasteiger partial charge in [0.05, 0.1) is 12.2 Å². The molecule has 1 atom stereocenters. The van der Waals surface area contributed by atoms with E-state index in [2.05, 4.69) is 25.2 Å². The number of rotatable bonds is 3. The molecular formula is C24H25NO4. The van der Waals surface area contributed by atoms with Crippen LogP contribution in [0.4, 0.5) is 5.69 Å². The van der Waals surface area contributed by atoms with Crippen molar-refractivity contribution in [3.05, 3.63) is 64.9 Å². The van der Waals surface area contributed by atoms with Crippen molar-refractivity contribution in [3.8, 4) is 0 Å². The van der Waals surface area contributed by atoms with Crippen LogP contribution < -0.4 is 5.32 Å². The predicted molar refractivity (Wildman–Crippen MR) is 112 cm³/mol. The number of hydrogen-bond donors (Lipinski definition) is 1. The maximum atomic E-state index is 13.3. The molecule has 1 aliphatic heterocycles. The summed E-state index contributed by atoms with van der Waals surface area (Å²) in [4.78, 5) is 13.3. The van der Waals surface area contributed by atoms with Crippen molar-refractivity contribution in [3.63, 3.8) is 0 Å². The van der Waals surface area contributed by atoms with E-state index in [0.717, 1.165) is 33.5 Å². The van der Waals surface area contributed by atoms with Gasteiger partial charge in [0.25, 0.3) is 0 Å². The van der Waals surface area contributed by atoms with E-state index < -0.39 is 11.2 Å². The average molecular weight is 391 g/mol. The summed E-state index contributed by atoms with van der Waals surface area (Å²) < 4.78 is 17.7. The van der Waals surface area contributed by atoms with E-state index in [1.54, 1.807) is 0 Å². The monoisotopic (exact) mass is 391 g/mol. The lowest BCUT2D eigenvalue weighted by atomic mass is 9.71. The Kier molecular flexibility index (Phi) is 3.92. The standard InChI is InChI=1S/C24H25NO4/c1-23(2)18-11-14(25-12-15-13-27-24(3,4)29-15)9-10-16(18)21(26)20-17-7-5-6-8-19(17)28-22(20)23/h5-11,15,25H,12-13H2,1-4H3. The third-order valence-corrected chi connectivity index (χ3v) is 5.93. The lowest BCUT2D eigenvalue weighted by Crippen LogP contribution is -2.30. The minimum Gasteiger partial charge on any atom is -0.459 e. The molecule has 3 aromatic rings. The van der Waals surface area contributed by atoms with Gasteiger partial charge in [-0.15, -0.1) is 0 Å². The number of anilines is 1. The Labute approximate surface area is 170 Å². The highest BCUT2D eigenvalue weighted by Crippen LogP contribution is 2.45. The first-order chi connectivity index (χ1) is 13.8. The zero-order chi connectivity index (χ0) is 20.4. The Bertz CT molecular complexity index is 1130. The van der Waals surface area contributed by atoms with Crippen LogP contribution in [0.2, 0.25) is 0 Å². The predicted octanol–water partition coefficient (Wildman–Crippen LogP) is 4.87. The van der Waals surface area contributed by atoms with Crippen LogP contribution in [0.15, 0.2) is 46.9 Å². The molecule has 29 heavy (non-hydrogen) atoms. The number of para-hydroxylation sites is 1. The quantitative estimate of drug-likeness (QED) is 0.690. The van der Waals surface area contributed by atoms with Crippen LogP contribution in [0.25, 0.3) is 11.0 Å². The molecule has 2 aliphatic rings. The lowest BCUT2D eigenvalue weighted by Gasteiger charge is -2.31. The molecule has 0 amide bonds. The lowest BCUT2D eigenvalue weighted by molar-refractivity contribution is -0.136. The number of hydrogen-bond acceptors (Lipinski definition) is 5. The van der Waals surface area contributed by atoms with E-state index in [1.165, 1.54) is 0 Å². The number of furan rings is 1. The molecule has 2 aromatic carbocycles. The van der Waals surface area contributed by atoms with Gasteiger partial charge in [0.15, 0.2) is 11.6 Å². The summed E-state index contributed by atoms with van der Waals surface area (Å²) in [6, 6.07) is 13.7. The van der Waals surface area contributed by atoms with Crippen LogP contribution in [0.1, 0.15) is 54.9 Å². The van der Waals surface area contributed by atoms with Gasteiger partial charge in [0, 0.05) is 28.6 Å². The van der Waals surface area contributed by atoms with Gasteiger partial charge in [0.2, 0.25) is 0 Å². The Morgan fingerprint density at radius 2 is 1.90 bits per heavy atom. The number of ketones is 1. The number of carbonyl (C=O) groups is 1. The molecule has 1 fully saturated rings. The van der Waals surface area contributed by atoms with E-state index in [0.29, 0.717) is 18.7 Å². The second-order valence-electron chi connectivity index (χ2n) is 8.85. The molecule has 1 saturated heterocycles. The van der Waals surface area contributed by atoms with Crippen molar-refractivity contribution >= 4 is 22.4 Å². The molecule has 150 valence electrons. The molecule has 0 spiro atoms. The molecule has 0 radical (unpaired) electrons. The summed E-state index contributed by atoms with van der Waals surface area (Å²) in [5.41, 5.74) is 3.70. The van der Waals surface area contributed by atoms with Gasteiger partial charge in [-0.1, -0.05) is 18.2 Å². The van der Waals surface area contributed by atoms with E-state index in [1.807, 2.05) is 50.2 Å². The maximum absolute atomic E-state index is 13.3. The highest BCUT2D eigenvalue weighted by Gasteiger charge is 2.41. The van der Waals surface area contributed by atoms with Crippen LogP contribution in [0.5, 0.6) is 0 Å². The van der Waals surface area contributed by atoms with Gasteiger partial charge in [-0.2, -0.15) is 0 Å². The van der Waals surface area contributed by atoms with Crippen molar-refractivity contribution < 1.29 is 18.7 Å². The normalized spacial score (nSPS) is 21.8. The smallest absolute Gasteiger partial charge is 0.197 e. The molecule has 1 aliphatic carbocycles.